The Morgan fingerprint density at radius 1 is 1.14 bits per heavy atom. The first kappa shape index (κ1) is 19.9. The molecule has 4 rings (SSSR count). The normalized spacial score (nSPS) is 27.7. The van der Waals surface area contributed by atoms with E-state index in [4.69, 9.17) is 4.74 Å². The summed E-state index contributed by atoms with van der Waals surface area (Å²) in [6.07, 6.45) is 7.32. The van der Waals surface area contributed by atoms with Crippen LogP contribution in [0.15, 0.2) is 29.2 Å². The van der Waals surface area contributed by atoms with Crippen molar-refractivity contribution >= 4 is 21.6 Å². The molecule has 6 nitrogen and oxygen atoms in total. The SMILES string of the molecule is C[C@@H](NS(=O)(=O)c1ccc(NC(=O)COCC2CC2)cc1)[C@@H]1C[C@H]2CC[C@H]1C2. The number of rotatable bonds is 9. The van der Waals surface area contributed by atoms with E-state index in [-0.39, 0.29) is 23.5 Å². The molecule has 2 bridgehead atoms. The first-order valence-corrected chi connectivity index (χ1v) is 11.9. The summed E-state index contributed by atoms with van der Waals surface area (Å²) in [5.74, 6) is 2.30. The molecule has 0 spiro atoms. The molecular formula is C21H30N2O4S. The first-order chi connectivity index (χ1) is 13.4. The highest BCUT2D eigenvalue weighted by Gasteiger charge is 2.42. The average Bonchev–Trinajstić information content (AvgIpc) is 3.23. The van der Waals surface area contributed by atoms with Gasteiger partial charge >= 0.3 is 0 Å². The van der Waals surface area contributed by atoms with Gasteiger partial charge in [0.15, 0.2) is 0 Å². The highest BCUT2D eigenvalue weighted by atomic mass is 32.2. The monoisotopic (exact) mass is 406 g/mol. The number of carbonyl (C=O) groups is 1. The Morgan fingerprint density at radius 3 is 2.50 bits per heavy atom. The summed E-state index contributed by atoms with van der Waals surface area (Å²) < 4.78 is 33.7. The van der Waals surface area contributed by atoms with Crippen molar-refractivity contribution in [3.8, 4) is 0 Å². The Kier molecular flexibility index (Phi) is 5.76. The number of nitrogens with one attached hydrogen (secondary N) is 2. The van der Waals surface area contributed by atoms with E-state index in [2.05, 4.69) is 10.0 Å². The second kappa shape index (κ2) is 8.13. The van der Waals surface area contributed by atoms with Crippen molar-refractivity contribution in [2.45, 2.75) is 56.4 Å². The molecule has 3 fully saturated rings. The summed E-state index contributed by atoms with van der Waals surface area (Å²) >= 11 is 0. The van der Waals surface area contributed by atoms with E-state index in [1.165, 1.54) is 44.2 Å². The van der Waals surface area contributed by atoms with Gasteiger partial charge in [-0.05, 0) is 87.0 Å². The Hall–Kier alpha value is -1.44. The minimum absolute atomic E-state index is 0.0270. The molecule has 0 saturated heterocycles. The van der Waals surface area contributed by atoms with Gasteiger partial charge in [0, 0.05) is 11.7 Å². The quantitative estimate of drug-likeness (QED) is 0.660. The van der Waals surface area contributed by atoms with Crippen molar-refractivity contribution in [1.82, 2.24) is 4.72 Å². The molecule has 4 atom stereocenters. The number of amides is 1. The Labute approximate surface area is 167 Å². The molecule has 3 aliphatic rings. The van der Waals surface area contributed by atoms with Gasteiger partial charge in [0.2, 0.25) is 15.9 Å². The topological polar surface area (TPSA) is 84.5 Å². The standard InChI is InChI=1S/C21H30N2O4S/c1-14(20-11-16-4-5-17(20)10-16)23-28(25,26)19-8-6-18(7-9-19)22-21(24)13-27-12-15-2-3-15/h6-9,14-17,20,23H,2-5,10-13H2,1H3,(H,22,24)/t14-,16+,17+,20+/m1/s1. The van der Waals surface area contributed by atoms with Crippen LogP contribution >= 0.6 is 0 Å². The molecule has 3 aliphatic carbocycles. The van der Waals surface area contributed by atoms with Crippen LogP contribution in [0, 0.1) is 23.7 Å². The number of ether oxygens (including phenoxy) is 1. The van der Waals surface area contributed by atoms with Gasteiger partial charge < -0.3 is 10.1 Å². The van der Waals surface area contributed by atoms with Gasteiger partial charge in [0.1, 0.15) is 6.61 Å². The maximum Gasteiger partial charge on any atom is 0.250 e. The lowest BCUT2D eigenvalue weighted by molar-refractivity contribution is -0.120. The summed E-state index contributed by atoms with van der Waals surface area (Å²) in [6.45, 7) is 2.65. The van der Waals surface area contributed by atoms with Crippen LogP contribution in [-0.4, -0.2) is 33.6 Å². The summed E-state index contributed by atoms with van der Waals surface area (Å²) in [4.78, 5) is 12.1. The van der Waals surface area contributed by atoms with E-state index in [9.17, 15) is 13.2 Å². The maximum atomic E-state index is 12.7. The predicted molar refractivity (Wildman–Crippen MR) is 107 cm³/mol. The Balaban J connectivity index is 1.29. The van der Waals surface area contributed by atoms with E-state index in [1.54, 1.807) is 12.1 Å². The average molecular weight is 407 g/mol. The summed E-state index contributed by atoms with van der Waals surface area (Å²) in [5.41, 5.74) is 0.570. The molecule has 1 aromatic carbocycles. The molecule has 28 heavy (non-hydrogen) atoms. The van der Waals surface area contributed by atoms with Gasteiger partial charge in [0.25, 0.3) is 0 Å². The molecule has 3 saturated carbocycles. The van der Waals surface area contributed by atoms with E-state index in [0.717, 1.165) is 12.3 Å². The first-order valence-electron chi connectivity index (χ1n) is 10.4. The zero-order chi connectivity index (χ0) is 19.7. The number of hydrogen-bond donors (Lipinski definition) is 2. The van der Waals surface area contributed by atoms with Crippen LogP contribution in [0.25, 0.3) is 0 Å². The zero-order valence-corrected chi connectivity index (χ0v) is 17.2. The van der Waals surface area contributed by atoms with Crippen molar-refractivity contribution in [3.63, 3.8) is 0 Å². The molecule has 0 heterocycles. The van der Waals surface area contributed by atoms with Gasteiger partial charge in [0.05, 0.1) is 11.5 Å². The molecule has 0 unspecified atom stereocenters. The van der Waals surface area contributed by atoms with Gasteiger partial charge in [-0.3, -0.25) is 4.79 Å². The van der Waals surface area contributed by atoms with Crippen molar-refractivity contribution in [3.05, 3.63) is 24.3 Å². The molecule has 1 aromatic rings. The number of fused-ring (bicyclic) bond motifs is 2. The van der Waals surface area contributed by atoms with E-state index in [1.807, 2.05) is 6.92 Å². The van der Waals surface area contributed by atoms with E-state index < -0.39 is 10.0 Å². The van der Waals surface area contributed by atoms with Crippen LogP contribution in [0.2, 0.25) is 0 Å². The van der Waals surface area contributed by atoms with Crippen LogP contribution in [0.3, 0.4) is 0 Å². The Bertz CT molecular complexity index is 804. The number of sulfonamides is 1. The van der Waals surface area contributed by atoms with Crippen LogP contribution in [0.5, 0.6) is 0 Å². The molecule has 1 amide bonds. The number of carbonyl (C=O) groups excluding carboxylic acids is 1. The molecule has 2 N–H and O–H groups in total. The van der Waals surface area contributed by atoms with Crippen molar-refractivity contribution in [1.29, 1.82) is 0 Å². The molecule has 0 radical (unpaired) electrons. The highest BCUT2D eigenvalue weighted by molar-refractivity contribution is 7.89. The second-order valence-electron chi connectivity index (χ2n) is 8.78. The maximum absolute atomic E-state index is 12.7. The van der Waals surface area contributed by atoms with Crippen molar-refractivity contribution < 1.29 is 17.9 Å². The van der Waals surface area contributed by atoms with Crippen LogP contribution < -0.4 is 10.0 Å². The van der Waals surface area contributed by atoms with Crippen LogP contribution in [-0.2, 0) is 19.6 Å². The fraction of sp³-hybridized carbons (Fsp3) is 0.667. The third-order valence-corrected chi connectivity index (χ3v) is 8.08. The van der Waals surface area contributed by atoms with Crippen LogP contribution in [0.1, 0.15) is 45.4 Å². The number of anilines is 1. The lowest BCUT2D eigenvalue weighted by Gasteiger charge is -2.28. The summed E-state index contributed by atoms with van der Waals surface area (Å²) in [5, 5.41) is 2.74. The largest absolute Gasteiger partial charge is 0.371 e. The predicted octanol–water partition coefficient (Wildman–Crippen LogP) is 3.15. The minimum atomic E-state index is -3.56. The third-order valence-electron chi connectivity index (χ3n) is 6.51. The molecular weight excluding hydrogens is 376 g/mol. The number of benzene rings is 1. The van der Waals surface area contributed by atoms with Gasteiger partial charge in [-0.15, -0.1) is 0 Å². The summed E-state index contributed by atoms with van der Waals surface area (Å²) in [7, 11) is -3.56. The fourth-order valence-electron chi connectivity index (χ4n) is 4.82. The van der Waals surface area contributed by atoms with E-state index >= 15 is 0 Å². The van der Waals surface area contributed by atoms with Crippen LogP contribution in [0.4, 0.5) is 5.69 Å². The zero-order valence-electron chi connectivity index (χ0n) is 16.4. The molecule has 154 valence electrons. The molecule has 0 aromatic heterocycles. The third kappa shape index (κ3) is 4.75. The van der Waals surface area contributed by atoms with Crippen molar-refractivity contribution in [2.24, 2.45) is 23.7 Å². The summed E-state index contributed by atoms with van der Waals surface area (Å²) in [6, 6.07) is 6.27. The van der Waals surface area contributed by atoms with Gasteiger partial charge in [-0.25, -0.2) is 13.1 Å². The van der Waals surface area contributed by atoms with Crippen molar-refractivity contribution in [2.75, 3.05) is 18.5 Å². The minimum Gasteiger partial charge on any atom is -0.371 e. The Morgan fingerprint density at radius 2 is 1.89 bits per heavy atom. The highest BCUT2D eigenvalue weighted by Crippen LogP contribution is 2.49. The van der Waals surface area contributed by atoms with Gasteiger partial charge in [-0.2, -0.15) is 0 Å². The van der Waals surface area contributed by atoms with E-state index in [0.29, 0.717) is 30.0 Å². The fourth-order valence-corrected chi connectivity index (χ4v) is 6.12. The number of hydrogen-bond acceptors (Lipinski definition) is 4. The lowest BCUT2D eigenvalue weighted by Crippen LogP contribution is -2.40. The smallest absolute Gasteiger partial charge is 0.250 e. The second-order valence-corrected chi connectivity index (χ2v) is 10.5. The lowest BCUT2D eigenvalue weighted by atomic mass is 9.84. The van der Waals surface area contributed by atoms with Gasteiger partial charge in [-0.1, -0.05) is 6.42 Å². The molecule has 0 aliphatic heterocycles. The molecule has 7 heteroatoms.